The first-order valence-electron chi connectivity index (χ1n) is 9.02. The molecule has 0 saturated carbocycles. The number of benzene rings is 1. The zero-order chi connectivity index (χ0) is 17.9. The van der Waals surface area contributed by atoms with Crippen molar-refractivity contribution in [3.05, 3.63) is 41.2 Å². The summed E-state index contributed by atoms with van der Waals surface area (Å²) >= 11 is 5.92. The molecular formula is C19H22ClN3O3. The van der Waals surface area contributed by atoms with Crippen LogP contribution in [0.5, 0.6) is 0 Å². The molecule has 3 heterocycles. The summed E-state index contributed by atoms with van der Waals surface area (Å²) in [6.45, 7) is 4.57. The van der Waals surface area contributed by atoms with Gasteiger partial charge in [-0.25, -0.2) is 4.98 Å². The molecule has 4 rings (SSSR count). The summed E-state index contributed by atoms with van der Waals surface area (Å²) in [6, 6.07) is 7.44. The largest absolute Gasteiger partial charge is 0.444 e. The van der Waals surface area contributed by atoms with E-state index in [1.54, 1.807) is 6.26 Å². The van der Waals surface area contributed by atoms with Crippen molar-refractivity contribution in [2.24, 2.45) is 0 Å². The van der Waals surface area contributed by atoms with Crippen LogP contribution in [0.2, 0.25) is 5.02 Å². The van der Waals surface area contributed by atoms with Gasteiger partial charge in [-0.1, -0.05) is 11.6 Å². The molecule has 138 valence electrons. The van der Waals surface area contributed by atoms with E-state index in [1.807, 2.05) is 29.2 Å². The molecule has 26 heavy (non-hydrogen) atoms. The van der Waals surface area contributed by atoms with E-state index in [2.05, 4.69) is 9.88 Å². The van der Waals surface area contributed by atoms with Gasteiger partial charge in [0.1, 0.15) is 12.4 Å². The first kappa shape index (κ1) is 17.5. The van der Waals surface area contributed by atoms with Gasteiger partial charge in [0, 0.05) is 49.9 Å². The lowest BCUT2D eigenvalue weighted by molar-refractivity contribution is -0.142. The molecule has 0 spiro atoms. The minimum Gasteiger partial charge on any atom is -0.444 e. The van der Waals surface area contributed by atoms with Crippen LogP contribution in [-0.4, -0.2) is 59.6 Å². The maximum absolute atomic E-state index is 12.4. The normalized spacial score (nSPS) is 21.3. The van der Waals surface area contributed by atoms with Crippen LogP contribution in [-0.2, 0) is 16.1 Å². The molecule has 1 aromatic heterocycles. The molecular weight excluding hydrogens is 354 g/mol. The van der Waals surface area contributed by atoms with Crippen molar-refractivity contribution in [1.82, 2.24) is 14.8 Å². The van der Waals surface area contributed by atoms with E-state index >= 15 is 0 Å². The van der Waals surface area contributed by atoms with Crippen LogP contribution in [0.3, 0.4) is 0 Å². The number of ether oxygens (including phenoxy) is 1. The summed E-state index contributed by atoms with van der Waals surface area (Å²) in [5.74, 6) is 0.748. The number of oxazole rings is 1. The van der Waals surface area contributed by atoms with Crippen molar-refractivity contribution in [2.75, 3.05) is 32.8 Å². The Morgan fingerprint density at radius 2 is 1.96 bits per heavy atom. The fourth-order valence-electron chi connectivity index (χ4n) is 3.44. The zero-order valence-electron chi connectivity index (χ0n) is 14.6. The second kappa shape index (κ2) is 7.78. The van der Waals surface area contributed by atoms with Gasteiger partial charge >= 0.3 is 0 Å². The lowest BCUT2D eigenvalue weighted by Gasteiger charge is -2.35. The molecule has 1 atom stereocenters. The number of amides is 1. The Bertz CT molecular complexity index is 748. The molecule has 1 amide bonds. The van der Waals surface area contributed by atoms with Crippen LogP contribution < -0.4 is 0 Å². The Morgan fingerprint density at radius 1 is 1.19 bits per heavy atom. The van der Waals surface area contributed by atoms with Crippen LogP contribution in [0.4, 0.5) is 0 Å². The van der Waals surface area contributed by atoms with Crippen molar-refractivity contribution >= 4 is 17.5 Å². The highest BCUT2D eigenvalue weighted by molar-refractivity contribution is 6.30. The van der Waals surface area contributed by atoms with E-state index in [0.717, 1.165) is 56.8 Å². The molecule has 6 nitrogen and oxygen atoms in total. The molecule has 0 radical (unpaired) electrons. The fourth-order valence-corrected chi connectivity index (χ4v) is 3.56. The molecule has 0 bridgehead atoms. The number of halogens is 1. The molecule has 2 fully saturated rings. The maximum Gasteiger partial charge on any atom is 0.251 e. The summed E-state index contributed by atoms with van der Waals surface area (Å²) in [6.07, 6.45) is 3.32. The fraction of sp³-hybridized carbons (Fsp3) is 0.474. The Balaban J connectivity index is 1.30. The van der Waals surface area contributed by atoms with Crippen LogP contribution in [0.15, 0.2) is 34.9 Å². The van der Waals surface area contributed by atoms with Crippen molar-refractivity contribution in [3.63, 3.8) is 0 Å². The third kappa shape index (κ3) is 3.92. The number of hydrogen-bond donors (Lipinski definition) is 0. The lowest BCUT2D eigenvalue weighted by Crippen LogP contribution is -2.51. The van der Waals surface area contributed by atoms with Crippen molar-refractivity contribution in [1.29, 1.82) is 0 Å². The molecule has 0 aliphatic carbocycles. The Labute approximate surface area is 157 Å². The molecule has 1 aromatic carbocycles. The average Bonchev–Trinajstić information content (AvgIpc) is 3.35. The van der Waals surface area contributed by atoms with Gasteiger partial charge in [0.05, 0.1) is 5.69 Å². The Hall–Kier alpha value is -1.89. The predicted octanol–water partition coefficient (Wildman–Crippen LogP) is 2.82. The van der Waals surface area contributed by atoms with E-state index in [1.165, 1.54) is 0 Å². The Kier molecular flexibility index (Phi) is 5.24. The van der Waals surface area contributed by atoms with Crippen LogP contribution in [0.1, 0.15) is 18.5 Å². The summed E-state index contributed by atoms with van der Waals surface area (Å²) < 4.78 is 11.1. The first-order chi connectivity index (χ1) is 12.7. The summed E-state index contributed by atoms with van der Waals surface area (Å²) in [5, 5.41) is 0.691. The number of nitrogens with zero attached hydrogens (tertiary/aromatic N) is 3. The van der Waals surface area contributed by atoms with Gasteiger partial charge in [0.2, 0.25) is 5.89 Å². The Morgan fingerprint density at radius 3 is 2.65 bits per heavy atom. The number of aromatic nitrogens is 1. The van der Waals surface area contributed by atoms with Crippen LogP contribution in [0, 0.1) is 0 Å². The highest BCUT2D eigenvalue weighted by Crippen LogP contribution is 2.22. The SMILES string of the molecule is O=C([C@H]1CCCO1)N1CCN(Cc2coc(-c3ccc(Cl)cc3)n2)CC1. The minimum absolute atomic E-state index is 0.147. The molecule has 0 N–H and O–H groups in total. The van der Waals surface area contributed by atoms with E-state index in [9.17, 15) is 4.79 Å². The molecule has 0 unspecified atom stereocenters. The van der Waals surface area contributed by atoms with E-state index in [0.29, 0.717) is 17.5 Å². The summed E-state index contributed by atoms with van der Waals surface area (Å²) in [4.78, 5) is 21.2. The first-order valence-corrected chi connectivity index (χ1v) is 9.40. The van der Waals surface area contributed by atoms with Gasteiger partial charge in [-0.3, -0.25) is 9.69 Å². The van der Waals surface area contributed by atoms with Crippen molar-refractivity contribution in [2.45, 2.75) is 25.5 Å². The molecule has 7 heteroatoms. The smallest absolute Gasteiger partial charge is 0.251 e. The quantitative estimate of drug-likeness (QED) is 0.822. The topological polar surface area (TPSA) is 58.8 Å². The number of rotatable bonds is 4. The maximum atomic E-state index is 12.4. The summed E-state index contributed by atoms with van der Waals surface area (Å²) in [5.41, 5.74) is 1.81. The average molecular weight is 376 g/mol. The highest BCUT2D eigenvalue weighted by Gasteiger charge is 2.30. The lowest BCUT2D eigenvalue weighted by atomic mass is 10.2. The second-order valence-electron chi connectivity index (χ2n) is 6.75. The molecule has 2 aromatic rings. The predicted molar refractivity (Wildman–Crippen MR) is 97.8 cm³/mol. The van der Waals surface area contributed by atoms with E-state index < -0.39 is 0 Å². The number of carbonyl (C=O) groups excluding carboxylic acids is 1. The van der Waals surface area contributed by atoms with Crippen LogP contribution in [0.25, 0.3) is 11.5 Å². The van der Waals surface area contributed by atoms with Crippen LogP contribution >= 0.6 is 11.6 Å². The summed E-state index contributed by atoms with van der Waals surface area (Å²) in [7, 11) is 0. The molecule has 2 aliphatic rings. The van der Waals surface area contributed by atoms with Gasteiger partial charge < -0.3 is 14.1 Å². The van der Waals surface area contributed by atoms with E-state index in [4.69, 9.17) is 20.8 Å². The van der Waals surface area contributed by atoms with E-state index in [-0.39, 0.29) is 12.0 Å². The van der Waals surface area contributed by atoms with Gasteiger partial charge in [0.15, 0.2) is 0 Å². The standard InChI is InChI=1S/C19H22ClN3O3/c20-15-5-3-14(4-6-15)18-21-16(13-26-18)12-22-7-9-23(10-8-22)19(24)17-2-1-11-25-17/h3-6,13,17H,1-2,7-12H2/t17-/m1/s1. The zero-order valence-corrected chi connectivity index (χ0v) is 15.3. The van der Waals surface area contributed by atoms with Crippen molar-refractivity contribution in [3.8, 4) is 11.5 Å². The number of hydrogen-bond acceptors (Lipinski definition) is 5. The second-order valence-corrected chi connectivity index (χ2v) is 7.19. The molecule has 2 saturated heterocycles. The molecule has 2 aliphatic heterocycles. The third-order valence-corrected chi connectivity index (χ3v) is 5.17. The number of piperazine rings is 1. The van der Waals surface area contributed by atoms with Crippen molar-refractivity contribution < 1.29 is 13.9 Å². The van der Waals surface area contributed by atoms with Gasteiger partial charge in [0.25, 0.3) is 5.91 Å². The monoisotopic (exact) mass is 375 g/mol. The third-order valence-electron chi connectivity index (χ3n) is 4.92. The van der Waals surface area contributed by atoms with Gasteiger partial charge in [-0.05, 0) is 37.1 Å². The van der Waals surface area contributed by atoms with Gasteiger partial charge in [-0.2, -0.15) is 0 Å². The minimum atomic E-state index is -0.223. The number of carbonyl (C=O) groups is 1. The van der Waals surface area contributed by atoms with Gasteiger partial charge in [-0.15, -0.1) is 0 Å². The highest BCUT2D eigenvalue weighted by atomic mass is 35.5.